The summed E-state index contributed by atoms with van der Waals surface area (Å²) in [6.45, 7) is 2.06. The van der Waals surface area contributed by atoms with Crippen molar-refractivity contribution in [2.75, 3.05) is 36.4 Å². The van der Waals surface area contributed by atoms with Crippen LogP contribution in [0, 0.1) is 5.92 Å². The summed E-state index contributed by atoms with van der Waals surface area (Å²) in [7, 11) is 0. The summed E-state index contributed by atoms with van der Waals surface area (Å²) in [6, 6.07) is 10.4. The van der Waals surface area contributed by atoms with Crippen LogP contribution in [0.1, 0.15) is 12.8 Å². The molecule has 1 aromatic heterocycles. The van der Waals surface area contributed by atoms with Crippen molar-refractivity contribution in [1.29, 1.82) is 0 Å². The van der Waals surface area contributed by atoms with Crippen LogP contribution in [0.25, 0.3) is 0 Å². The average Bonchev–Trinajstić information content (AvgIpc) is 2.78. The van der Waals surface area contributed by atoms with Crippen LogP contribution >= 0.6 is 24.0 Å². The molecular formula is C21H25Cl2N5O3. The second-order valence-electron chi connectivity index (χ2n) is 6.97. The number of halogens is 2. The molecule has 31 heavy (non-hydrogen) atoms. The molecule has 0 saturated carbocycles. The number of anilines is 2. The summed E-state index contributed by atoms with van der Waals surface area (Å²) in [6.07, 6.45) is 5.06. The highest BCUT2D eigenvalue weighted by molar-refractivity contribution is 6.39. The summed E-state index contributed by atoms with van der Waals surface area (Å²) in [5.41, 5.74) is 1.59. The lowest BCUT2D eigenvalue weighted by Crippen LogP contribution is -2.43. The smallest absolute Gasteiger partial charge is 0.313 e. The lowest BCUT2D eigenvalue weighted by atomic mass is 9.95. The zero-order valence-corrected chi connectivity index (χ0v) is 18.4. The van der Waals surface area contributed by atoms with E-state index in [1.807, 2.05) is 12.1 Å². The van der Waals surface area contributed by atoms with Gasteiger partial charge in [-0.15, -0.1) is 12.4 Å². The number of hydrogen-bond donors (Lipinski definition) is 3. The van der Waals surface area contributed by atoms with Crippen molar-refractivity contribution in [1.82, 2.24) is 15.6 Å². The van der Waals surface area contributed by atoms with Gasteiger partial charge in [-0.05, 0) is 49.2 Å². The Bertz CT molecular complexity index is 872. The summed E-state index contributed by atoms with van der Waals surface area (Å²) in [5.74, 6) is -1.60. The number of amides is 3. The summed E-state index contributed by atoms with van der Waals surface area (Å²) < 4.78 is 0. The third-order valence-corrected chi connectivity index (χ3v) is 5.16. The number of pyridine rings is 1. The Morgan fingerprint density at radius 1 is 0.935 bits per heavy atom. The van der Waals surface area contributed by atoms with Crippen molar-refractivity contribution in [3.05, 3.63) is 53.8 Å². The van der Waals surface area contributed by atoms with Crippen LogP contribution in [-0.4, -0.2) is 48.9 Å². The van der Waals surface area contributed by atoms with E-state index >= 15 is 0 Å². The zero-order chi connectivity index (χ0) is 21.3. The topological polar surface area (TPSA) is 103 Å². The quantitative estimate of drug-likeness (QED) is 0.448. The van der Waals surface area contributed by atoms with E-state index in [1.165, 1.54) is 0 Å². The Kier molecular flexibility index (Phi) is 9.55. The summed E-state index contributed by atoms with van der Waals surface area (Å²) in [5, 5.41) is 8.34. The van der Waals surface area contributed by atoms with E-state index in [2.05, 4.69) is 25.8 Å². The van der Waals surface area contributed by atoms with E-state index in [1.54, 1.807) is 36.7 Å². The molecule has 1 saturated heterocycles. The van der Waals surface area contributed by atoms with E-state index in [4.69, 9.17) is 11.6 Å². The van der Waals surface area contributed by atoms with Crippen molar-refractivity contribution >= 4 is 53.1 Å². The van der Waals surface area contributed by atoms with Crippen LogP contribution in [0.3, 0.4) is 0 Å². The SMILES string of the molecule is Cl.O=C(NCCNC(=O)C1CCN(c2ccncc2)CC1)C(=O)Nc1ccc(Cl)cc1. The Labute approximate surface area is 192 Å². The lowest BCUT2D eigenvalue weighted by Gasteiger charge is -2.32. The van der Waals surface area contributed by atoms with E-state index in [9.17, 15) is 14.4 Å². The predicted molar refractivity (Wildman–Crippen MR) is 123 cm³/mol. The van der Waals surface area contributed by atoms with Gasteiger partial charge in [0.25, 0.3) is 0 Å². The van der Waals surface area contributed by atoms with Gasteiger partial charge >= 0.3 is 11.8 Å². The van der Waals surface area contributed by atoms with E-state index in [0.717, 1.165) is 31.6 Å². The second-order valence-corrected chi connectivity index (χ2v) is 7.41. The number of piperidine rings is 1. The number of nitrogens with zero attached hydrogens (tertiary/aromatic N) is 2. The van der Waals surface area contributed by atoms with Gasteiger partial charge in [-0.2, -0.15) is 0 Å². The number of rotatable bonds is 6. The molecule has 0 radical (unpaired) electrons. The molecule has 3 N–H and O–H groups in total. The molecule has 0 unspecified atom stereocenters. The molecule has 10 heteroatoms. The van der Waals surface area contributed by atoms with Crippen LogP contribution in [-0.2, 0) is 14.4 Å². The number of aromatic nitrogens is 1. The standard InChI is InChI=1S/C21H24ClN5O3.ClH/c22-16-1-3-17(4-2-16)26-21(30)20(29)25-12-11-24-19(28)15-7-13-27(14-8-15)18-5-9-23-10-6-18;/h1-6,9-10,15H,7-8,11-14H2,(H,24,28)(H,25,29)(H,26,30);1H. The van der Waals surface area contributed by atoms with Crippen molar-refractivity contribution in [2.45, 2.75) is 12.8 Å². The highest BCUT2D eigenvalue weighted by atomic mass is 35.5. The van der Waals surface area contributed by atoms with Crippen LogP contribution in [0.2, 0.25) is 5.02 Å². The Balaban J connectivity index is 0.00000341. The summed E-state index contributed by atoms with van der Waals surface area (Å²) in [4.78, 5) is 42.3. The third kappa shape index (κ3) is 7.41. The maximum absolute atomic E-state index is 12.3. The molecule has 1 aromatic carbocycles. The molecule has 3 amide bonds. The molecule has 1 aliphatic heterocycles. The van der Waals surface area contributed by atoms with Gasteiger partial charge in [0.2, 0.25) is 5.91 Å². The highest BCUT2D eigenvalue weighted by Gasteiger charge is 2.25. The highest BCUT2D eigenvalue weighted by Crippen LogP contribution is 2.22. The van der Waals surface area contributed by atoms with Crippen LogP contribution in [0.4, 0.5) is 11.4 Å². The predicted octanol–water partition coefficient (Wildman–Crippen LogP) is 2.24. The van der Waals surface area contributed by atoms with Crippen molar-refractivity contribution < 1.29 is 14.4 Å². The van der Waals surface area contributed by atoms with Gasteiger partial charge in [-0.3, -0.25) is 19.4 Å². The molecule has 3 rings (SSSR count). The number of carbonyl (C=O) groups excluding carboxylic acids is 3. The van der Waals surface area contributed by atoms with Gasteiger partial charge in [-0.25, -0.2) is 0 Å². The third-order valence-electron chi connectivity index (χ3n) is 4.91. The minimum absolute atomic E-state index is 0. The lowest BCUT2D eigenvalue weighted by molar-refractivity contribution is -0.136. The van der Waals surface area contributed by atoms with E-state index in [0.29, 0.717) is 10.7 Å². The van der Waals surface area contributed by atoms with Crippen molar-refractivity contribution in [2.24, 2.45) is 5.92 Å². The maximum atomic E-state index is 12.3. The minimum atomic E-state index is -0.771. The monoisotopic (exact) mass is 465 g/mol. The van der Waals surface area contributed by atoms with Crippen LogP contribution < -0.4 is 20.9 Å². The van der Waals surface area contributed by atoms with E-state index < -0.39 is 11.8 Å². The van der Waals surface area contributed by atoms with Crippen molar-refractivity contribution in [3.8, 4) is 0 Å². The molecule has 0 bridgehead atoms. The first-order chi connectivity index (χ1) is 14.5. The molecule has 1 fully saturated rings. The van der Waals surface area contributed by atoms with Gasteiger partial charge in [0.15, 0.2) is 0 Å². The Hall–Kier alpha value is -2.84. The summed E-state index contributed by atoms with van der Waals surface area (Å²) >= 11 is 5.78. The van der Waals surface area contributed by atoms with Gasteiger partial charge < -0.3 is 20.9 Å². The molecular weight excluding hydrogens is 441 g/mol. The number of hydrogen-bond acceptors (Lipinski definition) is 5. The van der Waals surface area contributed by atoms with Crippen LogP contribution in [0.15, 0.2) is 48.8 Å². The molecule has 2 aromatic rings. The Morgan fingerprint density at radius 2 is 1.55 bits per heavy atom. The minimum Gasteiger partial charge on any atom is -0.371 e. The second kappa shape index (κ2) is 12.1. The van der Waals surface area contributed by atoms with E-state index in [-0.39, 0.29) is 37.3 Å². The normalized spacial score (nSPS) is 13.6. The number of nitrogens with one attached hydrogen (secondary N) is 3. The fraction of sp³-hybridized carbons (Fsp3) is 0.333. The van der Waals surface area contributed by atoms with Crippen molar-refractivity contribution in [3.63, 3.8) is 0 Å². The molecule has 0 aliphatic carbocycles. The number of benzene rings is 1. The molecule has 2 heterocycles. The van der Waals surface area contributed by atoms with Crippen LogP contribution in [0.5, 0.6) is 0 Å². The van der Waals surface area contributed by atoms with Gasteiger partial charge in [-0.1, -0.05) is 11.6 Å². The largest absolute Gasteiger partial charge is 0.371 e. The van der Waals surface area contributed by atoms with Gasteiger partial charge in [0.1, 0.15) is 0 Å². The molecule has 8 nitrogen and oxygen atoms in total. The number of carbonyl (C=O) groups is 3. The molecule has 0 atom stereocenters. The first-order valence-electron chi connectivity index (χ1n) is 9.80. The molecule has 0 spiro atoms. The zero-order valence-electron chi connectivity index (χ0n) is 16.8. The van der Waals surface area contributed by atoms with Gasteiger partial charge in [0, 0.05) is 60.9 Å². The first-order valence-corrected chi connectivity index (χ1v) is 10.2. The maximum Gasteiger partial charge on any atom is 0.313 e. The fourth-order valence-electron chi connectivity index (χ4n) is 3.26. The fourth-order valence-corrected chi connectivity index (χ4v) is 3.39. The molecule has 166 valence electrons. The first kappa shape index (κ1) is 24.4. The average molecular weight is 466 g/mol. The molecule has 1 aliphatic rings. The Morgan fingerprint density at radius 3 is 2.19 bits per heavy atom. The van der Waals surface area contributed by atoms with Gasteiger partial charge in [0.05, 0.1) is 0 Å².